The molecule has 5 aromatic rings. The lowest BCUT2D eigenvalue weighted by Crippen LogP contribution is -2.33. The summed E-state index contributed by atoms with van der Waals surface area (Å²) in [7, 11) is 1.51. The van der Waals surface area contributed by atoms with Gasteiger partial charge in [0.05, 0.1) is 6.16 Å². The first-order chi connectivity index (χ1) is 20.1. The van der Waals surface area contributed by atoms with E-state index in [1.807, 2.05) is 30.3 Å². The summed E-state index contributed by atoms with van der Waals surface area (Å²) in [6.07, 6.45) is 6.90. The smallest absolute Gasteiger partial charge is 0.311 e. The minimum absolute atomic E-state index is 0.161. The van der Waals surface area contributed by atoms with Gasteiger partial charge in [-0.1, -0.05) is 100 Å². The number of esters is 1. The molecule has 0 aliphatic carbocycles. The second-order valence-corrected chi connectivity index (χ2v) is 16.6. The van der Waals surface area contributed by atoms with E-state index in [1.54, 1.807) is 20.7 Å². The summed E-state index contributed by atoms with van der Waals surface area (Å²) in [5, 5.41) is 4.32. The Bertz CT molecular complexity index is 1470. The first-order valence-electron chi connectivity index (χ1n) is 14.1. The van der Waals surface area contributed by atoms with Gasteiger partial charge in [-0.2, -0.15) is 0 Å². The maximum absolute atomic E-state index is 12.4. The van der Waals surface area contributed by atoms with Crippen LogP contribution in [-0.4, -0.2) is 12.1 Å². The lowest BCUT2D eigenvalue weighted by molar-refractivity contribution is -0.134. The van der Waals surface area contributed by atoms with Gasteiger partial charge in [-0.3, -0.25) is 4.79 Å². The number of unbranched alkanes of at least 4 members (excludes halogenated alkanes) is 4. The quantitative estimate of drug-likeness (QED) is 0.0330. The number of rotatable bonds is 13. The van der Waals surface area contributed by atoms with E-state index in [1.165, 1.54) is 15.9 Å². The molecule has 0 spiro atoms. The van der Waals surface area contributed by atoms with Crippen LogP contribution in [-0.2, 0) is 4.79 Å². The van der Waals surface area contributed by atoms with Crippen molar-refractivity contribution in [3.63, 3.8) is 0 Å². The molecule has 0 aliphatic heterocycles. The van der Waals surface area contributed by atoms with Crippen molar-refractivity contribution < 1.29 is 9.53 Å². The first-order valence-corrected chi connectivity index (χ1v) is 18.6. The number of hydrogen-bond donors (Lipinski definition) is 0. The van der Waals surface area contributed by atoms with E-state index < -0.39 is 7.26 Å². The highest BCUT2D eigenvalue weighted by Crippen LogP contribution is 2.56. The van der Waals surface area contributed by atoms with Crippen molar-refractivity contribution in [2.75, 3.05) is 6.16 Å². The standard InChI is InChI=1S/C35H34O2PS3/c36-34(37-29-24-22-28(23-25-29)33-27-35(39)41-40-33)21-13-2-1-3-14-26-38(30-15-7-4-8-16-30,31-17-9-5-10-18-31)32-19-11-6-12-20-32/h4-12,15-20,22-25,27H,1-3,13-14,21,26H2/q+1. The molecule has 0 amide bonds. The van der Waals surface area contributed by atoms with E-state index in [0.29, 0.717) is 12.2 Å². The molecular formula is C35H34O2PS3+. The number of ether oxygens (including phenoxy) is 1. The van der Waals surface area contributed by atoms with Crippen molar-refractivity contribution in [2.45, 2.75) is 38.5 Å². The third-order valence-electron chi connectivity index (χ3n) is 7.30. The molecular weight excluding hydrogens is 580 g/mol. The Kier molecular flexibility index (Phi) is 10.7. The molecule has 41 heavy (non-hydrogen) atoms. The Morgan fingerprint density at radius 1 is 0.634 bits per heavy atom. The highest BCUT2D eigenvalue weighted by molar-refractivity contribution is 7.95. The molecule has 0 N–H and O–H groups in total. The zero-order chi connectivity index (χ0) is 28.3. The maximum atomic E-state index is 12.4. The fourth-order valence-corrected chi connectivity index (χ4v) is 12.1. The summed E-state index contributed by atoms with van der Waals surface area (Å²) in [5.74, 6) is 0.437. The van der Waals surface area contributed by atoms with Crippen LogP contribution in [0.15, 0.2) is 121 Å². The Morgan fingerprint density at radius 3 is 1.66 bits per heavy atom. The number of hydrogen-bond acceptors (Lipinski definition) is 5. The van der Waals surface area contributed by atoms with Gasteiger partial charge in [0.25, 0.3) is 0 Å². The second kappa shape index (κ2) is 14.8. The van der Waals surface area contributed by atoms with Crippen molar-refractivity contribution in [3.05, 3.63) is 125 Å². The lowest BCUT2D eigenvalue weighted by Gasteiger charge is -2.27. The van der Waals surface area contributed by atoms with E-state index in [0.717, 1.165) is 52.5 Å². The van der Waals surface area contributed by atoms with Gasteiger partial charge in [0.1, 0.15) is 32.7 Å². The van der Waals surface area contributed by atoms with Gasteiger partial charge >= 0.3 is 5.97 Å². The van der Waals surface area contributed by atoms with Crippen LogP contribution >= 0.6 is 40.2 Å². The van der Waals surface area contributed by atoms with Crippen LogP contribution < -0.4 is 20.7 Å². The van der Waals surface area contributed by atoms with Gasteiger partial charge in [0.2, 0.25) is 0 Å². The molecule has 0 saturated carbocycles. The molecule has 0 fully saturated rings. The van der Waals surface area contributed by atoms with Crippen molar-refractivity contribution in [3.8, 4) is 16.2 Å². The summed E-state index contributed by atoms with van der Waals surface area (Å²) in [6, 6.07) is 42.9. The van der Waals surface area contributed by atoms with Crippen LogP contribution in [0.25, 0.3) is 10.4 Å². The fraction of sp³-hybridized carbons (Fsp3) is 0.200. The van der Waals surface area contributed by atoms with Gasteiger partial charge < -0.3 is 4.74 Å². The monoisotopic (exact) mass is 613 g/mol. The van der Waals surface area contributed by atoms with Crippen LogP contribution in [0.3, 0.4) is 0 Å². The molecule has 6 heteroatoms. The molecule has 1 aromatic heterocycles. The van der Waals surface area contributed by atoms with Crippen LogP contribution in [0.2, 0.25) is 0 Å². The summed E-state index contributed by atoms with van der Waals surface area (Å²) < 4.78 is 6.47. The zero-order valence-electron chi connectivity index (χ0n) is 23.0. The topological polar surface area (TPSA) is 26.3 Å². The summed E-state index contributed by atoms with van der Waals surface area (Å²) in [4.78, 5) is 13.6. The summed E-state index contributed by atoms with van der Waals surface area (Å²) in [5.41, 5.74) is 1.10. The second-order valence-electron chi connectivity index (χ2n) is 10.1. The molecule has 1 heterocycles. The first kappa shape index (κ1) is 29.5. The number of carbonyl (C=O) groups excluding carboxylic acids is 1. The summed E-state index contributed by atoms with van der Waals surface area (Å²) >= 11 is 5.23. The summed E-state index contributed by atoms with van der Waals surface area (Å²) in [6.45, 7) is 0. The molecule has 0 aliphatic rings. The molecule has 2 nitrogen and oxygen atoms in total. The molecule has 0 bridgehead atoms. The molecule has 208 valence electrons. The third-order valence-corrected chi connectivity index (χ3v) is 14.7. The Labute approximate surface area is 256 Å². The SMILES string of the molecule is O=C(CCCCCCC[P+](c1ccccc1)(c1ccccc1)c1ccccc1)Oc1ccc(-c2cc(=S)ss2)cc1. The molecule has 0 saturated heterocycles. The van der Waals surface area contributed by atoms with Gasteiger partial charge in [-0.15, -0.1) is 0 Å². The van der Waals surface area contributed by atoms with Gasteiger partial charge in [-0.05, 0) is 91.6 Å². The fourth-order valence-electron chi connectivity index (χ4n) is 5.27. The third kappa shape index (κ3) is 7.67. The average Bonchev–Trinajstić information content (AvgIpc) is 3.46. The van der Waals surface area contributed by atoms with Crippen LogP contribution in [0.5, 0.6) is 5.75 Å². The minimum Gasteiger partial charge on any atom is -0.427 e. The van der Waals surface area contributed by atoms with E-state index in [9.17, 15) is 4.79 Å². The van der Waals surface area contributed by atoms with E-state index in [2.05, 4.69) is 91.0 Å². The predicted octanol–water partition coefficient (Wildman–Crippen LogP) is 9.45. The van der Waals surface area contributed by atoms with Gasteiger partial charge in [0, 0.05) is 11.3 Å². The Balaban J connectivity index is 1.13. The number of benzene rings is 4. The Hall–Kier alpha value is -2.95. The van der Waals surface area contributed by atoms with Crippen LogP contribution in [0.1, 0.15) is 38.5 Å². The highest BCUT2D eigenvalue weighted by atomic mass is 32.9. The van der Waals surface area contributed by atoms with E-state index >= 15 is 0 Å². The lowest BCUT2D eigenvalue weighted by atomic mass is 10.1. The normalized spacial score (nSPS) is 11.3. The van der Waals surface area contributed by atoms with Crippen molar-refractivity contribution >= 4 is 62.0 Å². The highest BCUT2D eigenvalue weighted by Gasteiger charge is 2.44. The molecule has 0 unspecified atom stereocenters. The van der Waals surface area contributed by atoms with E-state index in [-0.39, 0.29) is 5.97 Å². The van der Waals surface area contributed by atoms with E-state index in [4.69, 9.17) is 17.0 Å². The predicted molar refractivity (Wildman–Crippen MR) is 182 cm³/mol. The molecule has 4 aromatic carbocycles. The maximum Gasteiger partial charge on any atom is 0.311 e. The minimum atomic E-state index is -1.76. The molecule has 0 radical (unpaired) electrons. The Morgan fingerprint density at radius 2 is 1.15 bits per heavy atom. The van der Waals surface area contributed by atoms with Gasteiger partial charge in [-0.25, -0.2) is 0 Å². The van der Waals surface area contributed by atoms with Gasteiger partial charge in [0.15, 0.2) is 0 Å². The number of carbonyl (C=O) groups is 1. The van der Waals surface area contributed by atoms with Crippen molar-refractivity contribution in [1.29, 1.82) is 0 Å². The van der Waals surface area contributed by atoms with Crippen molar-refractivity contribution in [1.82, 2.24) is 0 Å². The molecule has 5 rings (SSSR count). The average molecular weight is 614 g/mol. The van der Waals surface area contributed by atoms with Crippen LogP contribution in [0, 0.1) is 3.82 Å². The zero-order valence-corrected chi connectivity index (χ0v) is 26.3. The van der Waals surface area contributed by atoms with Crippen LogP contribution in [0.4, 0.5) is 0 Å². The largest absolute Gasteiger partial charge is 0.427 e. The van der Waals surface area contributed by atoms with Crippen molar-refractivity contribution in [2.24, 2.45) is 0 Å². The molecule has 0 atom stereocenters.